The number of nitrogens with one attached hydrogen (secondary N) is 1. The highest BCUT2D eigenvalue weighted by molar-refractivity contribution is 6.19. The van der Waals surface area contributed by atoms with Crippen molar-refractivity contribution in [2.75, 3.05) is 5.88 Å². The molecule has 1 heterocycles. The third-order valence-electron chi connectivity index (χ3n) is 1.50. The minimum Gasteiger partial charge on any atom is -0.323 e. The van der Waals surface area contributed by atoms with Gasteiger partial charge in [-0.25, -0.2) is 0 Å². The van der Waals surface area contributed by atoms with Crippen LogP contribution in [0.5, 0.6) is 0 Å². The first-order chi connectivity index (χ1) is 6.65. The molecule has 0 saturated heterocycles. The van der Waals surface area contributed by atoms with Crippen LogP contribution in [-0.2, 0) is 0 Å². The van der Waals surface area contributed by atoms with E-state index in [0.29, 0.717) is 11.4 Å². The van der Waals surface area contributed by atoms with E-state index in [4.69, 9.17) is 11.6 Å². The van der Waals surface area contributed by atoms with Crippen LogP contribution in [-0.4, -0.2) is 15.8 Å². The quantitative estimate of drug-likeness (QED) is 0.471. The number of hydrogen-bond donors (Lipinski definition) is 1. The number of pyridine rings is 1. The Hall–Kier alpha value is -1.62. The number of alkyl halides is 1. The molecule has 0 fully saturated rings. The van der Waals surface area contributed by atoms with Gasteiger partial charge in [0.15, 0.2) is 0 Å². The number of hydrogen-bond acceptors (Lipinski definition) is 3. The van der Waals surface area contributed by atoms with E-state index in [1.165, 1.54) is 12.3 Å². The first kappa shape index (κ1) is 10.5. The molecule has 0 bridgehead atoms. The van der Waals surface area contributed by atoms with Gasteiger partial charge in [-0.15, -0.1) is 11.6 Å². The largest absolute Gasteiger partial charge is 0.334 e. The van der Waals surface area contributed by atoms with Crippen molar-refractivity contribution in [2.24, 2.45) is 0 Å². The number of H-pyrrole nitrogens is 1. The standard InChI is InChI=1S/C8H7ClN2O3/c9-3-1-2-6-4-7(11(13)14)8(12)10-5-6/h1-2,4-5H,3H2,(H,10,12). The van der Waals surface area contributed by atoms with Gasteiger partial charge in [-0.1, -0.05) is 12.2 Å². The molecule has 0 unspecified atom stereocenters. The van der Waals surface area contributed by atoms with Crippen molar-refractivity contribution >= 4 is 23.4 Å². The summed E-state index contributed by atoms with van der Waals surface area (Å²) in [6.45, 7) is 0. The molecule has 1 aromatic heterocycles. The van der Waals surface area contributed by atoms with Crippen LogP contribution >= 0.6 is 11.6 Å². The van der Waals surface area contributed by atoms with E-state index in [-0.39, 0.29) is 0 Å². The van der Waals surface area contributed by atoms with Crippen molar-refractivity contribution in [3.05, 3.63) is 44.4 Å². The number of aromatic nitrogens is 1. The number of nitrogens with zero attached hydrogens (tertiary/aromatic N) is 1. The van der Waals surface area contributed by atoms with Crippen LogP contribution in [0, 0.1) is 10.1 Å². The summed E-state index contributed by atoms with van der Waals surface area (Å²) >= 11 is 5.39. The number of aromatic amines is 1. The van der Waals surface area contributed by atoms with Crippen LogP contribution in [0.4, 0.5) is 5.69 Å². The van der Waals surface area contributed by atoms with E-state index in [0.717, 1.165) is 0 Å². The van der Waals surface area contributed by atoms with Crippen LogP contribution in [0.15, 0.2) is 23.1 Å². The highest BCUT2D eigenvalue weighted by atomic mass is 35.5. The lowest BCUT2D eigenvalue weighted by atomic mass is 10.2. The van der Waals surface area contributed by atoms with Gasteiger partial charge in [0.05, 0.1) is 4.92 Å². The Morgan fingerprint density at radius 1 is 1.64 bits per heavy atom. The fourth-order valence-corrected chi connectivity index (χ4v) is 0.989. The predicted molar refractivity (Wildman–Crippen MR) is 53.5 cm³/mol. The molecule has 0 aromatic carbocycles. The zero-order valence-electron chi connectivity index (χ0n) is 7.07. The summed E-state index contributed by atoms with van der Waals surface area (Å²) in [7, 11) is 0. The highest BCUT2D eigenvalue weighted by Gasteiger charge is 2.11. The van der Waals surface area contributed by atoms with Gasteiger partial charge in [0.2, 0.25) is 0 Å². The van der Waals surface area contributed by atoms with Crippen LogP contribution in [0.3, 0.4) is 0 Å². The second-order valence-electron chi connectivity index (χ2n) is 2.46. The van der Waals surface area contributed by atoms with Gasteiger partial charge in [-0.2, -0.15) is 0 Å². The van der Waals surface area contributed by atoms with Gasteiger partial charge in [0.25, 0.3) is 0 Å². The molecule has 1 N–H and O–H groups in total. The summed E-state index contributed by atoms with van der Waals surface area (Å²) in [6.07, 6.45) is 4.60. The highest BCUT2D eigenvalue weighted by Crippen LogP contribution is 2.07. The first-order valence-corrected chi connectivity index (χ1v) is 4.28. The van der Waals surface area contributed by atoms with Gasteiger partial charge in [-0.05, 0) is 5.56 Å². The minimum absolute atomic E-state index is 0.312. The number of halogens is 1. The number of allylic oxidation sites excluding steroid dienone is 1. The van der Waals surface area contributed by atoms with Gasteiger partial charge in [0, 0.05) is 18.1 Å². The Morgan fingerprint density at radius 2 is 2.36 bits per heavy atom. The maximum absolute atomic E-state index is 10.9. The molecule has 14 heavy (non-hydrogen) atoms. The monoisotopic (exact) mass is 214 g/mol. The average Bonchev–Trinajstić information content (AvgIpc) is 2.16. The molecule has 5 nitrogen and oxygen atoms in total. The van der Waals surface area contributed by atoms with E-state index in [1.807, 2.05) is 0 Å². The summed E-state index contributed by atoms with van der Waals surface area (Å²) in [4.78, 5) is 22.9. The predicted octanol–water partition coefficient (Wildman–Crippen LogP) is 1.54. The van der Waals surface area contributed by atoms with Gasteiger partial charge < -0.3 is 4.98 Å². The Labute approximate surface area is 84.2 Å². The molecule has 74 valence electrons. The van der Waals surface area contributed by atoms with Crippen molar-refractivity contribution in [1.29, 1.82) is 0 Å². The lowest BCUT2D eigenvalue weighted by Crippen LogP contribution is -2.10. The van der Waals surface area contributed by atoms with Gasteiger partial charge in [0.1, 0.15) is 0 Å². The molecular formula is C8H7ClN2O3. The Balaban J connectivity index is 3.13. The lowest BCUT2D eigenvalue weighted by molar-refractivity contribution is -0.386. The van der Waals surface area contributed by atoms with E-state index >= 15 is 0 Å². The van der Waals surface area contributed by atoms with E-state index in [9.17, 15) is 14.9 Å². The molecular weight excluding hydrogens is 208 g/mol. The van der Waals surface area contributed by atoms with Crippen molar-refractivity contribution < 1.29 is 4.92 Å². The lowest BCUT2D eigenvalue weighted by Gasteiger charge is -1.92. The molecule has 0 atom stereocenters. The molecule has 0 saturated carbocycles. The first-order valence-electron chi connectivity index (χ1n) is 3.75. The smallest absolute Gasteiger partial charge is 0.323 e. The zero-order chi connectivity index (χ0) is 10.6. The molecule has 0 amide bonds. The van der Waals surface area contributed by atoms with E-state index < -0.39 is 16.2 Å². The van der Waals surface area contributed by atoms with Crippen molar-refractivity contribution in [2.45, 2.75) is 0 Å². The average molecular weight is 215 g/mol. The van der Waals surface area contributed by atoms with Crippen LogP contribution in [0.2, 0.25) is 0 Å². The summed E-state index contributed by atoms with van der Waals surface area (Å²) in [5.41, 5.74) is -0.642. The third kappa shape index (κ3) is 2.43. The topological polar surface area (TPSA) is 76.0 Å². The Kier molecular flexibility index (Phi) is 3.41. The summed E-state index contributed by atoms with van der Waals surface area (Å²) in [6, 6.07) is 1.20. The van der Waals surface area contributed by atoms with Crippen LogP contribution in [0.1, 0.15) is 5.56 Å². The number of rotatable bonds is 3. The molecule has 6 heteroatoms. The molecule has 1 rings (SSSR count). The SMILES string of the molecule is O=c1[nH]cc(C=CCCl)cc1[N+](=O)[O-]. The number of nitro groups is 1. The minimum atomic E-state index is -0.725. The third-order valence-corrected chi connectivity index (χ3v) is 1.68. The Morgan fingerprint density at radius 3 is 2.93 bits per heavy atom. The second kappa shape index (κ2) is 4.57. The van der Waals surface area contributed by atoms with Crippen molar-refractivity contribution in [1.82, 2.24) is 4.98 Å². The summed E-state index contributed by atoms with van der Waals surface area (Å²) < 4.78 is 0. The fourth-order valence-electron chi connectivity index (χ4n) is 0.900. The van der Waals surface area contributed by atoms with Gasteiger partial charge >= 0.3 is 11.2 Å². The fraction of sp³-hybridized carbons (Fsp3) is 0.125. The summed E-state index contributed by atoms with van der Waals surface area (Å²) in [5.74, 6) is 0.312. The second-order valence-corrected chi connectivity index (χ2v) is 2.77. The Bertz CT molecular complexity index is 425. The molecule has 0 spiro atoms. The van der Waals surface area contributed by atoms with Crippen LogP contribution in [0.25, 0.3) is 6.08 Å². The zero-order valence-corrected chi connectivity index (χ0v) is 7.82. The maximum atomic E-state index is 10.9. The molecule has 0 radical (unpaired) electrons. The van der Waals surface area contributed by atoms with Crippen molar-refractivity contribution in [3.63, 3.8) is 0 Å². The molecule has 0 aliphatic rings. The molecule has 0 aliphatic heterocycles. The van der Waals surface area contributed by atoms with E-state index in [2.05, 4.69) is 4.98 Å². The van der Waals surface area contributed by atoms with Gasteiger partial charge in [-0.3, -0.25) is 14.9 Å². The molecule has 0 aliphatic carbocycles. The maximum Gasteiger partial charge on any atom is 0.334 e. The van der Waals surface area contributed by atoms with Crippen LogP contribution < -0.4 is 5.56 Å². The normalized spacial score (nSPS) is 10.6. The molecule has 1 aromatic rings. The van der Waals surface area contributed by atoms with E-state index in [1.54, 1.807) is 12.2 Å². The summed E-state index contributed by atoms with van der Waals surface area (Å²) in [5, 5.41) is 10.4. The van der Waals surface area contributed by atoms with Crippen molar-refractivity contribution in [3.8, 4) is 0 Å².